The zero-order valence-electron chi connectivity index (χ0n) is 24.0. The number of phenols is 1. The molecule has 3 aromatic rings. The summed E-state index contributed by atoms with van der Waals surface area (Å²) in [5.41, 5.74) is 3.76. The quantitative estimate of drug-likeness (QED) is 0.467. The van der Waals surface area contributed by atoms with Crippen LogP contribution in [0.3, 0.4) is 0 Å². The summed E-state index contributed by atoms with van der Waals surface area (Å²) >= 11 is 0. The number of anilines is 2. The van der Waals surface area contributed by atoms with Crippen molar-refractivity contribution < 1.29 is 19.4 Å². The number of amides is 1. The molecule has 0 spiro atoms. The predicted molar refractivity (Wildman–Crippen MR) is 159 cm³/mol. The molecule has 0 bridgehead atoms. The summed E-state index contributed by atoms with van der Waals surface area (Å²) in [6.07, 6.45) is 3.89. The number of aromatic nitrogens is 3. The number of piperazine rings is 1. The van der Waals surface area contributed by atoms with Crippen LogP contribution in [-0.2, 0) is 22.5 Å². The van der Waals surface area contributed by atoms with E-state index in [2.05, 4.69) is 33.3 Å². The zero-order chi connectivity index (χ0) is 28.8. The van der Waals surface area contributed by atoms with Crippen LogP contribution in [0.15, 0.2) is 43.1 Å². The van der Waals surface area contributed by atoms with Gasteiger partial charge in [-0.15, -0.1) is 0 Å². The number of pyridine rings is 1. The van der Waals surface area contributed by atoms with E-state index in [-0.39, 0.29) is 11.7 Å². The lowest BCUT2D eigenvalue weighted by molar-refractivity contribution is -0.126. The fourth-order valence-electron chi connectivity index (χ4n) is 5.37. The van der Waals surface area contributed by atoms with Gasteiger partial charge in [0, 0.05) is 69.0 Å². The van der Waals surface area contributed by atoms with Crippen molar-refractivity contribution in [2.75, 3.05) is 82.5 Å². The third-order valence-corrected chi connectivity index (χ3v) is 7.61. The number of likely N-dealkylation sites (N-methyl/N-ethyl adjacent to an activating group) is 1. The second kappa shape index (κ2) is 13.1. The molecule has 2 saturated heterocycles. The molecule has 2 aromatic heterocycles. The van der Waals surface area contributed by atoms with Gasteiger partial charge < -0.3 is 34.2 Å². The molecular formula is C30H39N7O4. The van der Waals surface area contributed by atoms with Crippen LogP contribution in [0.5, 0.6) is 11.8 Å². The summed E-state index contributed by atoms with van der Waals surface area (Å²) in [4.78, 5) is 34.5. The van der Waals surface area contributed by atoms with Crippen molar-refractivity contribution in [3.8, 4) is 11.8 Å². The van der Waals surface area contributed by atoms with Crippen molar-refractivity contribution in [2.45, 2.75) is 19.9 Å². The first-order valence-corrected chi connectivity index (χ1v) is 14.2. The van der Waals surface area contributed by atoms with Crippen molar-refractivity contribution >= 4 is 28.3 Å². The average Bonchev–Trinajstić information content (AvgIpc) is 3.00. The maximum Gasteiger partial charge on any atom is 0.318 e. The number of rotatable bonds is 5. The molecule has 3 aliphatic heterocycles. The molecule has 0 unspecified atom stereocenters. The van der Waals surface area contributed by atoms with Gasteiger partial charge in [0.15, 0.2) is 0 Å². The number of hydrogen-bond donors (Lipinski definition) is 1. The van der Waals surface area contributed by atoms with Crippen LogP contribution in [0.25, 0.3) is 10.9 Å². The number of nitrogens with zero attached hydrogens (tertiary/aromatic N) is 7. The van der Waals surface area contributed by atoms with Gasteiger partial charge in [-0.2, -0.15) is 9.97 Å². The van der Waals surface area contributed by atoms with Crippen molar-refractivity contribution in [1.29, 1.82) is 0 Å². The number of benzene rings is 1. The lowest BCUT2D eigenvalue weighted by Gasteiger charge is -2.38. The topological polar surface area (TPSA) is 107 Å². The number of phenolic OH excluding ortho intramolecular Hbond substituents is 1. The van der Waals surface area contributed by atoms with Crippen LogP contribution in [0.1, 0.15) is 18.2 Å². The minimum absolute atomic E-state index is 0.0398. The molecule has 6 rings (SSSR count). The van der Waals surface area contributed by atoms with E-state index in [1.165, 1.54) is 6.08 Å². The molecule has 3 aliphatic rings. The number of hydrogen-bond acceptors (Lipinski definition) is 10. The largest absolute Gasteiger partial charge is 0.508 e. The fraction of sp³-hybridized carbons (Fsp3) is 0.467. The molecule has 5 heterocycles. The summed E-state index contributed by atoms with van der Waals surface area (Å²) in [7, 11) is 2.11. The van der Waals surface area contributed by atoms with Gasteiger partial charge in [0.05, 0.1) is 43.3 Å². The van der Waals surface area contributed by atoms with E-state index in [1.54, 1.807) is 18.3 Å². The van der Waals surface area contributed by atoms with Crippen molar-refractivity contribution in [2.24, 2.45) is 0 Å². The Hall–Kier alpha value is -3.96. The van der Waals surface area contributed by atoms with E-state index in [9.17, 15) is 9.90 Å². The Morgan fingerprint density at radius 3 is 2.56 bits per heavy atom. The van der Waals surface area contributed by atoms with Gasteiger partial charge in [-0.3, -0.25) is 9.78 Å². The van der Waals surface area contributed by atoms with Crippen LogP contribution in [0, 0.1) is 0 Å². The molecule has 0 atom stereocenters. The van der Waals surface area contributed by atoms with Crippen LogP contribution in [0.2, 0.25) is 0 Å². The number of carbonyl (C=O) groups is 1. The van der Waals surface area contributed by atoms with Gasteiger partial charge in [-0.25, -0.2) is 0 Å². The first-order valence-electron chi connectivity index (χ1n) is 14.2. The lowest BCUT2D eigenvalue weighted by Crippen LogP contribution is -2.49. The Morgan fingerprint density at radius 1 is 1.10 bits per heavy atom. The Balaban J connectivity index is 0.000000423. The highest BCUT2D eigenvalue weighted by Gasteiger charge is 2.29. The minimum atomic E-state index is -0.0398. The summed E-state index contributed by atoms with van der Waals surface area (Å²) in [5, 5.41) is 11.2. The molecule has 0 saturated carbocycles. The average molecular weight is 562 g/mol. The number of aromatic hydroxyl groups is 1. The normalized spacial score (nSPS) is 17.5. The van der Waals surface area contributed by atoms with Gasteiger partial charge in [0.2, 0.25) is 5.91 Å². The molecule has 0 radical (unpaired) electrons. The van der Waals surface area contributed by atoms with E-state index in [0.717, 1.165) is 72.9 Å². The molecule has 41 heavy (non-hydrogen) atoms. The van der Waals surface area contributed by atoms with E-state index in [4.69, 9.17) is 19.4 Å². The maximum atomic E-state index is 12.0. The second-order valence-electron chi connectivity index (χ2n) is 10.3. The summed E-state index contributed by atoms with van der Waals surface area (Å²) < 4.78 is 10.8. The number of fused-ring (bicyclic) bond motifs is 2. The van der Waals surface area contributed by atoms with Crippen LogP contribution in [-0.4, -0.2) is 108 Å². The molecule has 1 aromatic carbocycles. The van der Waals surface area contributed by atoms with Crippen LogP contribution in [0.4, 0.5) is 11.5 Å². The molecule has 11 nitrogen and oxygen atoms in total. The maximum absolute atomic E-state index is 12.0. The Kier molecular flexibility index (Phi) is 9.15. The molecule has 218 valence electrons. The molecule has 0 aliphatic carbocycles. The smallest absolute Gasteiger partial charge is 0.318 e. The number of morpholine rings is 1. The van der Waals surface area contributed by atoms with Gasteiger partial charge in [0.1, 0.15) is 11.6 Å². The van der Waals surface area contributed by atoms with Gasteiger partial charge in [-0.1, -0.05) is 12.6 Å². The molecule has 2 fully saturated rings. The van der Waals surface area contributed by atoms with E-state index in [0.29, 0.717) is 45.3 Å². The SMILES string of the molecule is C=CC(=O)N1CCN(c2nc(OCC)nc3c2CCN(c2cc(O)cc4cccnc24)C3)CC1.CN1CCOCC1. The summed E-state index contributed by atoms with van der Waals surface area (Å²) in [6.45, 7) is 14.0. The monoisotopic (exact) mass is 561 g/mol. The second-order valence-corrected chi connectivity index (χ2v) is 10.3. The molecule has 11 heteroatoms. The Labute approximate surface area is 241 Å². The van der Waals surface area contributed by atoms with Crippen LogP contribution < -0.4 is 14.5 Å². The third-order valence-electron chi connectivity index (χ3n) is 7.61. The summed E-state index contributed by atoms with van der Waals surface area (Å²) in [6, 6.07) is 7.68. The van der Waals surface area contributed by atoms with Gasteiger partial charge in [-0.05, 0) is 38.6 Å². The van der Waals surface area contributed by atoms with Gasteiger partial charge in [0.25, 0.3) is 0 Å². The van der Waals surface area contributed by atoms with Crippen LogP contribution >= 0.6 is 0 Å². The van der Waals surface area contributed by atoms with Crippen molar-refractivity contribution in [3.05, 3.63) is 54.4 Å². The lowest BCUT2D eigenvalue weighted by atomic mass is 10.0. The summed E-state index contributed by atoms with van der Waals surface area (Å²) in [5.74, 6) is 1.06. The van der Waals surface area contributed by atoms with E-state index in [1.807, 2.05) is 24.0 Å². The van der Waals surface area contributed by atoms with Crippen molar-refractivity contribution in [1.82, 2.24) is 24.8 Å². The number of carbonyl (C=O) groups excluding carboxylic acids is 1. The first-order chi connectivity index (χ1) is 20.0. The standard InChI is InChI=1S/C25H28N6O3.C5H11NO/c1-3-22(33)29-10-12-30(13-11-29)24-19-7-9-31(16-20(19)27-25(28-24)34-4-2)21-15-18(32)14-17-6-5-8-26-23(17)21;1-6-2-4-7-5-3-6/h3,5-6,8,14-15,32H,1,4,7,9-13,16H2,2H3;2-5H2,1H3. The molecule has 1 N–H and O–H groups in total. The highest BCUT2D eigenvalue weighted by atomic mass is 16.5. The fourth-order valence-corrected chi connectivity index (χ4v) is 5.37. The highest BCUT2D eigenvalue weighted by molar-refractivity contribution is 5.92. The Bertz CT molecular complexity index is 1370. The zero-order valence-corrected chi connectivity index (χ0v) is 24.0. The predicted octanol–water partition coefficient (Wildman–Crippen LogP) is 2.47. The van der Waals surface area contributed by atoms with E-state index >= 15 is 0 Å². The highest BCUT2D eigenvalue weighted by Crippen LogP contribution is 2.35. The van der Waals surface area contributed by atoms with Gasteiger partial charge >= 0.3 is 6.01 Å². The number of ether oxygens (including phenoxy) is 2. The molecule has 1 amide bonds. The first kappa shape index (κ1) is 28.6. The Morgan fingerprint density at radius 2 is 1.88 bits per heavy atom. The van der Waals surface area contributed by atoms with E-state index < -0.39 is 0 Å². The third kappa shape index (κ3) is 6.68. The van der Waals surface area contributed by atoms with Crippen molar-refractivity contribution in [3.63, 3.8) is 0 Å². The molecular weight excluding hydrogens is 522 g/mol. The minimum Gasteiger partial charge on any atom is -0.508 e.